The standard InChI is InChI=1S/C7H11N3/c1-2-3-8-4-7-5-9-6-10-7/h2,5-6,8H,1,3-4H2,(H,9,10). The van der Waals surface area contributed by atoms with Crippen molar-refractivity contribution in [1.29, 1.82) is 0 Å². The highest BCUT2D eigenvalue weighted by atomic mass is 14.9. The zero-order valence-electron chi connectivity index (χ0n) is 5.80. The minimum atomic E-state index is 0.825. The van der Waals surface area contributed by atoms with Crippen molar-refractivity contribution >= 4 is 0 Å². The van der Waals surface area contributed by atoms with E-state index in [1.807, 2.05) is 6.08 Å². The first-order valence-corrected chi connectivity index (χ1v) is 3.22. The molecule has 0 amide bonds. The van der Waals surface area contributed by atoms with Crippen LogP contribution in [0, 0.1) is 0 Å². The molecule has 1 heterocycles. The Hall–Kier alpha value is -1.09. The van der Waals surface area contributed by atoms with Crippen LogP contribution in [-0.2, 0) is 6.54 Å². The molecule has 2 N–H and O–H groups in total. The third kappa shape index (κ3) is 2.03. The lowest BCUT2D eigenvalue weighted by Crippen LogP contribution is -2.12. The van der Waals surface area contributed by atoms with Crippen LogP contribution in [0.15, 0.2) is 25.2 Å². The first kappa shape index (κ1) is 7.02. The fraction of sp³-hybridized carbons (Fsp3) is 0.286. The highest BCUT2D eigenvalue weighted by molar-refractivity contribution is 4.93. The number of imidazole rings is 1. The van der Waals surface area contributed by atoms with Crippen molar-refractivity contribution in [3.8, 4) is 0 Å². The summed E-state index contributed by atoms with van der Waals surface area (Å²) in [7, 11) is 0. The molecule has 0 spiro atoms. The highest BCUT2D eigenvalue weighted by Crippen LogP contribution is 1.87. The van der Waals surface area contributed by atoms with Crippen LogP contribution in [0.5, 0.6) is 0 Å². The topological polar surface area (TPSA) is 40.7 Å². The van der Waals surface area contributed by atoms with Crippen molar-refractivity contribution in [3.63, 3.8) is 0 Å². The van der Waals surface area contributed by atoms with Gasteiger partial charge in [0.2, 0.25) is 0 Å². The van der Waals surface area contributed by atoms with Crippen LogP contribution in [0.25, 0.3) is 0 Å². The van der Waals surface area contributed by atoms with Gasteiger partial charge in [-0.25, -0.2) is 4.98 Å². The molecule has 0 fully saturated rings. The molecular formula is C7H11N3. The van der Waals surface area contributed by atoms with E-state index in [9.17, 15) is 0 Å². The largest absolute Gasteiger partial charge is 0.347 e. The van der Waals surface area contributed by atoms with E-state index in [4.69, 9.17) is 0 Å². The van der Waals surface area contributed by atoms with Crippen molar-refractivity contribution in [2.75, 3.05) is 6.54 Å². The van der Waals surface area contributed by atoms with Crippen LogP contribution in [0.2, 0.25) is 0 Å². The number of nitrogens with one attached hydrogen (secondary N) is 2. The van der Waals surface area contributed by atoms with Gasteiger partial charge >= 0.3 is 0 Å². The smallest absolute Gasteiger partial charge is 0.0922 e. The van der Waals surface area contributed by atoms with Crippen molar-refractivity contribution in [2.45, 2.75) is 6.54 Å². The van der Waals surface area contributed by atoms with E-state index in [1.54, 1.807) is 12.5 Å². The number of aromatic amines is 1. The number of hydrogen-bond donors (Lipinski definition) is 2. The Labute approximate surface area is 60.2 Å². The molecule has 0 saturated carbocycles. The Bertz CT molecular complexity index is 179. The summed E-state index contributed by atoms with van der Waals surface area (Å²) in [5.41, 5.74) is 1.10. The zero-order valence-corrected chi connectivity index (χ0v) is 5.80. The molecule has 0 bridgehead atoms. The van der Waals surface area contributed by atoms with Crippen LogP contribution >= 0.6 is 0 Å². The molecule has 0 unspecified atom stereocenters. The van der Waals surface area contributed by atoms with E-state index in [0.717, 1.165) is 18.8 Å². The summed E-state index contributed by atoms with van der Waals surface area (Å²) in [6.45, 7) is 5.25. The molecular weight excluding hydrogens is 126 g/mol. The predicted octanol–water partition coefficient (Wildman–Crippen LogP) is 0.685. The van der Waals surface area contributed by atoms with Crippen molar-refractivity contribution in [2.24, 2.45) is 0 Å². The van der Waals surface area contributed by atoms with Crippen LogP contribution in [0.3, 0.4) is 0 Å². The quantitative estimate of drug-likeness (QED) is 0.473. The summed E-state index contributed by atoms with van der Waals surface area (Å²) in [5.74, 6) is 0. The monoisotopic (exact) mass is 137 g/mol. The Balaban J connectivity index is 2.21. The average molecular weight is 137 g/mol. The molecule has 0 atom stereocenters. The molecule has 0 radical (unpaired) electrons. The number of rotatable bonds is 4. The number of hydrogen-bond acceptors (Lipinski definition) is 2. The molecule has 1 aromatic rings. The van der Waals surface area contributed by atoms with Gasteiger partial charge < -0.3 is 10.3 Å². The fourth-order valence-electron chi connectivity index (χ4n) is 0.690. The van der Waals surface area contributed by atoms with Crippen LogP contribution in [0.1, 0.15) is 5.69 Å². The van der Waals surface area contributed by atoms with Gasteiger partial charge in [-0.2, -0.15) is 0 Å². The second-order valence-corrected chi connectivity index (χ2v) is 2.00. The molecule has 3 heteroatoms. The van der Waals surface area contributed by atoms with E-state index in [2.05, 4.69) is 21.9 Å². The molecule has 0 aliphatic carbocycles. The van der Waals surface area contributed by atoms with Gasteiger partial charge in [0.25, 0.3) is 0 Å². The Kier molecular flexibility index (Phi) is 2.70. The molecule has 1 aromatic heterocycles. The molecule has 0 aliphatic rings. The van der Waals surface area contributed by atoms with Gasteiger partial charge in [-0.15, -0.1) is 6.58 Å². The molecule has 10 heavy (non-hydrogen) atoms. The summed E-state index contributed by atoms with van der Waals surface area (Å²) in [5, 5.41) is 3.15. The van der Waals surface area contributed by atoms with E-state index < -0.39 is 0 Å². The minimum absolute atomic E-state index is 0.825. The molecule has 0 aromatic carbocycles. The van der Waals surface area contributed by atoms with Crippen molar-refractivity contribution in [3.05, 3.63) is 30.9 Å². The third-order valence-electron chi connectivity index (χ3n) is 1.16. The lowest BCUT2D eigenvalue weighted by atomic mass is 10.4. The normalized spacial score (nSPS) is 9.60. The Morgan fingerprint density at radius 1 is 1.80 bits per heavy atom. The van der Waals surface area contributed by atoms with Gasteiger partial charge in [0.05, 0.1) is 6.33 Å². The molecule has 0 aliphatic heterocycles. The molecule has 0 saturated heterocycles. The highest BCUT2D eigenvalue weighted by Gasteiger charge is 1.88. The van der Waals surface area contributed by atoms with Crippen LogP contribution in [-0.4, -0.2) is 16.5 Å². The van der Waals surface area contributed by atoms with Gasteiger partial charge in [-0.05, 0) is 0 Å². The molecule has 54 valence electrons. The summed E-state index contributed by atoms with van der Waals surface area (Å²) >= 11 is 0. The number of aromatic nitrogens is 2. The van der Waals surface area contributed by atoms with Gasteiger partial charge in [0, 0.05) is 25.0 Å². The van der Waals surface area contributed by atoms with Gasteiger partial charge in [-0.3, -0.25) is 0 Å². The maximum absolute atomic E-state index is 3.88. The van der Waals surface area contributed by atoms with E-state index >= 15 is 0 Å². The lowest BCUT2D eigenvalue weighted by molar-refractivity contribution is 0.745. The van der Waals surface area contributed by atoms with Crippen molar-refractivity contribution < 1.29 is 0 Å². The zero-order chi connectivity index (χ0) is 7.23. The first-order chi connectivity index (χ1) is 4.93. The maximum Gasteiger partial charge on any atom is 0.0922 e. The SMILES string of the molecule is C=CCNCc1cnc[nH]1. The van der Waals surface area contributed by atoms with E-state index in [-0.39, 0.29) is 0 Å². The summed E-state index contributed by atoms with van der Waals surface area (Å²) < 4.78 is 0. The third-order valence-corrected chi connectivity index (χ3v) is 1.16. The number of nitrogens with zero attached hydrogens (tertiary/aromatic N) is 1. The molecule has 3 nitrogen and oxygen atoms in total. The fourth-order valence-corrected chi connectivity index (χ4v) is 0.690. The second-order valence-electron chi connectivity index (χ2n) is 2.00. The minimum Gasteiger partial charge on any atom is -0.347 e. The van der Waals surface area contributed by atoms with Gasteiger partial charge in [-0.1, -0.05) is 6.08 Å². The van der Waals surface area contributed by atoms with Gasteiger partial charge in [0.1, 0.15) is 0 Å². The first-order valence-electron chi connectivity index (χ1n) is 3.22. The Morgan fingerprint density at radius 3 is 3.30 bits per heavy atom. The summed E-state index contributed by atoms with van der Waals surface area (Å²) in [4.78, 5) is 6.87. The second kappa shape index (κ2) is 3.85. The van der Waals surface area contributed by atoms with Crippen LogP contribution in [0.4, 0.5) is 0 Å². The van der Waals surface area contributed by atoms with Crippen LogP contribution < -0.4 is 5.32 Å². The number of H-pyrrole nitrogens is 1. The Morgan fingerprint density at radius 2 is 2.70 bits per heavy atom. The predicted molar refractivity (Wildman–Crippen MR) is 40.5 cm³/mol. The van der Waals surface area contributed by atoms with Gasteiger partial charge in [0.15, 0.2) is 0 Å². The average Bonchev–Trinajstić information content (AvgIpc) is 2.41. The summed E-state index contributed by atoms with van der Waals surface area (Å²) in [6, 6.07) is 0. The summed E-state index contributed by atoms with van der Waals surface area (Å²) in [6.07, 6.45) is 5.30. The van der Waals surface area contributed by atoms with E-state index in [0.29, 0.717) is 0 Å². The molecule has 1 rings (SSSR count). The lowest BCUT2D eigenvalue weighted by Gasteiger charge is -1.95. The van der Waals surface area contributed by atoms with Crippen molar-refractivity contribution in [1.82, 2.24) is 15.3 Å². The maximum atomic E-state index is 3.88. The van der Waals surface area contributed by atoms with E-state index in [1.165, 1.54) is 0 Å².